The Morgan fingerprint density at radius 3 is 1.77 bits per heavy atom. The normalized spacial score (nSPS) is 9.93. The summed E-state index contributed by atoms with van der Waals surface area (Å²) in [5, 5.41) is 19.3. The number of thiazole rings is 1. The van der Waals surface area contributed by atoms with Crippen LogP contribution in [0.15, 0.2) is 96.6 Å². The van der Waals surface area contributed by atoms with Gasteiger partial charge in [0.2, 0.25) is 0 Å². The highest BCUT2D eigenvalue weighted by Gasteiger charge is 2.20. The maximum atomic E-state index is 9.25. The third-order valence-electron chi connectivity index (χ3n) is 4.43. The fourth-order valence-corrected chi connectivity index (χ4v) is 4.13. The molecule has 30 heavy (non-hydrogen) atoms. The molecule has 0 bridgehead atoms. The Labute approximate surface area is 179 Å². The minimum Gasteiger partial charge on any atom is -0.286 e. The molecule has 0 aliphatic rings. The van der Waals surface area contributed by atoms with Crippen molar-refractivity contribution in [2.24, 2.45) is 0 Å². The molecular weight excluding hydrogens is 388 g/mol. The molecular formula is C25H16N4S. The van der Waals surface area contributed by atoms with Gasteiger partial charge < -0.3 is 0 Å². The van der Waals surface area contributed by atoms with Gasteiger partial charge in [0, 0.05) is 16.9 Å². The van der Waals surface area contributed by atoms with Crippen molar-refractivity contribution < 1.29 is 0 Å². The monoisotopic (exact) mass is 404 g/mol. The van der Waals surface area contributed by atoms with Crippen LogP contribution >= 0.6 is 11.3 Å². The molecule has 0 amide bonds. The van der Waals surface area contributed by atoms with Gasteiger partial charge in [-0.25, -0.2) is 4.98 Å². The highest BCUT2D eigenvalue weighted by Crippen LogP contribution is 2.41. The van der Waals surface area contributed by atoms with Gasteiger partial charge in [-0.05, 0) is 30.3 Å². The van der Waals surface area contributed by atoms with Gasteiger partial charge in [0.25, 0.3) is 0 Å². The number of hydrogen-bond acceptors (Lipinski definition) is 5. The second-order valence-electron chi connectivity index (χ2n) is 6.36. The summed E-state index contributed by atoms with van der Waals surface area (Å²) < 4.78 is 0. The maximum Gasteiger partial charge on any atom is 0.195 e. The summed E-state index contributed by atoms with van der Waals surface area (Å²) in [5.41, 5.74) is 3.69. The third kappa shape index (κ3) is 3.98. The van der Waals surface area contributed by atoms with E-state index in [0.717, 1.165) is 32.6 Å². The van der Waals surface area contributed by atoms with E-state index in [4.69, 9.17) is 4.98 Å². The van der Waals surface area contributed by atoms with Gasteiger partial charge in [0.05, 0.1) is 10.6 Å². The average Bonchev–Trinajstić information content (AvgIpc) is 3.23. The lowest BCUT2D eigenvalue weighted by molar-refractivity contribution is 1.23. The van der Waals surface area contributed by atoms with Crippen molar-refractivity contribution in [3.8, 4) is 23.4 Å². The zero-order chi connectivity index (χ0) is 20.8. The molecule has 4 rings (SSSR count). The molecule has 4 aromatic rings. The summed E-state index contributed by atoms with van der Waals surface area (Å²) in [6, 6.07) is 33.7. The van der Waals surface area contributed by atoms with Crippen LogP contribution in [0.5, 0.6) is 0 Å². The number of hydrogen-bond donors (Lipinski definition) is 0. The van der Waals surface area contributed by atoms with Crippen molar-refractivity contribution in [2.75, 3.05) is 4.90 Å². The SMILES string of the molecule is N#CC(C#N)=Cc1sc(N(c2ccccc2)c2ccccc2)nc1-c1ccccc1. The molecule has 0 saturated heterocycles. The maximum absolute atomic E-state index is 9.25. The molecule has 1 heterocycles. The smallest absolute Gasteiger partial charge is 0.195 e. The van der Waals surface area contributed by atoms with Crippen molar-refractivity contribution in [3.05, 3.63) is 101 Å². The summed E-state index contributed by atoms with van der Waals surface area (Å²) in [6.07, 6.45) is 1.61. The van der Waals surface area contributed by atoms with Gasteiger partial charge in [0.15, 0.2) is 5.13 Å². The Morgan fingerprint density at radius 1 is 0.767 bits per heavy atom. The molecule has 1 aromatic heterocycles. The summed E-state index contributed by atoms with van der Waals surface area (Å²) in [4.78, 5) is 7.78. The molecule has 4 nitrogen and oxygen atoms in total. The molecule has 0 aliphatic carbocycles. The number of benzene rings is 3. The molecule has 5 heteroatoms. The first kappa shape index (κ1) is 19.1. The quantitative estimate of drug-likeness (QED) is 0.347. The van der Waals surface area contributed by atoms with Gasteiger partial charge in [-0.2, -0.15) is 10.5 Å². The topological polar surface area (TPSA) is 63.7 Å². The summed E-state index contributed by atoms with van der Waals surface area (Å²) in [6.45, 7) is 0. The van der Waals surface area contributed by atoms with E-state index in [1.807, 2.05) is 103 Å². The number of anilines is 3. The lowest BCUT2D eigenvalue weighted by atomic mass is 10.1. The van der Waals surface area contributed by atoms with E-state index in [1.165, 1.54) is 11.3 Å². The lowest BCUT2D eigenvalue weighted by Gasteiger charge is -2.22. The van der Waals surface area contributed by atoms with Gasteiger partial charge in [0.1, 0.15) is 17.7 Å². The molecule has 0 atom stereocenters. The lowest BCUT2D eigenvalue weighted by Crippen LogP contribution is -2.09. The van der Waals surface area contributed by atoms with E-state index in [0.29, 0.717) is 0 Å². The number of allylic oxidation sites excluding steroid dienone is 1. The van der Waals surface area contributed by atoms with Crippen LogP contribution in [0.3, 0.4) is 0 Å². The van der Waals surface area contributed by atoms with Crippen LogP contribution in [0.1, 0.15) is 4.88 Å². The molecule has 0 saturated carbocycles. The number of nitrogens with zero attached hydrogens (tertiary/aromatic N) is 4. The van der Waals surface area contributed by atoms with Crippen LogP contribution in [-0.4, -0.2) is 4.98 Å². The van der Waals surface area contributed by atoms with E-state index in [-0.39, 0.29) is 5.57 Å². The summed E-state index contributed by atoms with van der Waals surface area (Å²) in [5.74, 6) is 0. The third-order valence-corrected chi connectivity index (χ3v) is 5.41. The van der Waals surface area contributed by atoms with Gasteiger partial charge >= 0.3 is 0 Å². The molecule has 3 aromatic carbocycles. The fraction of sp³-hybridized carbons (Fsp3) is 0. The molecule has 0 radical (unpaired) electrons. The van der Waals surface area contributed by atoms with Gasteiger partial charge in [-0.1, -0.05) is 78.1 Å². The highest BCUT2D eigenvalue weighted by molar-refractivity contribution is 7.17. The molecule has 0 spiro atoms. The van der Waals surface area contributed by atoms with Crippen molar-refractivity contribution >= 4 is 33.9 Å². The average molecular weight is 404 g/mol. The van der Waals surface area contributed by atoms with Crippen LogP contribution in [0, 0.1) is 22.7 Å². The van der Waals surface area contributed by atoms with E-state index in [9.17, 15) is 10.5 Å². The van der Waals surface area contributed by atoms with Crippen LogP contribution < -0.4 is 4.90 Å². The second-order valence-corrected chi connectivity index (χ2v) is 7.37. The fourth-order valence-electron chi connectivity index (χ4n) is 3.06. The largest absolute Gasteiger partial charge is 0.286 e. The van der Waals surface area contributed by atoms with Gasteiger partial charge in [-0.3, -0.25) is 4.90 Å². The standard InChI is InChI=1S/C25H16N4S/c26-17-19(18-27)16-23-24(20-10-4-1-5-11-20)28-25(30-23)29(21-12-6-2-7-13-21)22-14-8-3-9-15-22/h1-16H. The Morgan fingerprint density at radius 2 is 1.27 bits per heavy atom. The van der Waals surface area contributed by atoms with Crippen LogP contribution in [0.4, 0.5) is 16.5 Å². The van der Waals surface area contributed by atoms with E-state index in [2.05, 4.69) is 4.90 Å². The first-order valence-corrected chi connectivity index (χ1v) is 10.1. The van der Waals surface area contributed by atoms with E-state index < -0.39 is 0 Å². The first-order valence-electron chi connectivity index (χ1n) is 9.28. The highest BCUT2D eigenvalue weighted by atomic mass is 32.1. The number of rotatable bonds is 5. The first-order chi connectivity index (χ1) is 14.8. The molecule has 0 N–H and O–H groups in total. The van der Waals surface area contributed by atoms with Crippen LogP contribution in [0.2, 0.25) is 0 Å². The Kier molecular flexibility index (Phi) is 5.66. The zero-order valence-electron chi connectivity index (χ0n) is 15.9. The summed E-state index contributed by atoms with van der Waals surface area (Å²) in [7, 11) is 0. The molecule has 142 valence electrons. The van der Waals surface area contributed by atoms with Crippen LogP contribution in [0.25, 0.3) is 17.3 Å². The van der Waals surface area contributed by atoms with Crippen molar-refractivity contribution in [2.45, 2.75) is 0 Å². The minimum atomic E-state index is 0.0494. The Bertz CT molecular complexity index is 1190. The molecule has 0 aliphatic heterocycles. The van der Waals surface area contributed by atoms with Crippen molar-refractivity contribution in [1.29, 1.82) is 10.5 Å². The predicted octanol–water partition coefficient (Wildman–Crippen LogP) is 6.71. The van der Waals surface area contributed by atoms with Crippen molar-refractivity contribution in [1.82, 2.24) is 4.98 Å². The molecule has 0 unspecified atom stereocenters. The zero-order valence-corrected chi connectivity index (χ0v) is 16.8. The van der Waals surface area contributed by atoms with E-state index in [1.54, 1.807) is 6.08 Å². The van der Waals surface area contributed by atoms with Crippen molar-refractivity contribution in [3.63, 3.8) is 0 Å². The number of aromatic nitrogens is 1. The molecule has 0 fully saturated rings. The second kappa shape index (κ2) is 8.87. The predicted molar refractivity (Wildman–Crippen MR) is 121 cm³/mol. The number of nitriles is 2. The van der Waals surface area contributed by atoms with Crippen LogP contribution in [-0.2, 0) is 0 Å². The minimum absolute atomic E-state index is 0.0494. The Balaban J connectivity index is 1.93. The van der Waals surface area contributed by atoms with E-state index >= 15 is 0 Å². The number of para-hydroxylation sites is 2. The Hall–Kier alpha value is -4.19. The van der Waals surface area contributed by atoms with Gasteiger partial charge in [-0.15, -0.1) is 0 Å². The summed E-state index contributed by atoms with van der Waals surface area (Å²) >= 11 is 1.45.